The second kappa shape index (κ2) is 7.20. The Hall–Kier alpha value is -2.28. The van der Waals surface area contributed by atoms with Crippen molar-refractivity contribution >= 4 is 5.91 Å². The highest BCUT2D eigenvalue weighted by Gasteiger charge is 2.54. The summed E-state index contributed by atoms with van der Waals surface area (Å²) in [4.78, 5) is 15.7. The van der Waals surface area contributed by atoms with E-state index in [1.807, 2.05) is 9.58 Å². The first-order valence-electron chi connectivity index (χ1n) is 10.4. The van der Waals surface area contributed by atoms with Crippen LogP contribution in [0.5, 0.6) is 0 Å². The molecule has 2 aromatic rings. The highest BCUT2D eigenvalue weighted by Crippen LogP contribution is 2.50. The zero-order chi connectivity index (χ0) is 20.8. The summed E-state index contributed by atoms with van der Waals surface area (Å²) in [7, 11) is 0. The molecule has 1 aromatic carbocycles. The van der Waals surface area contributed by atoms with Gasteiger partial charge in [-0.2, -0.15) is 0 Å². The van der Waals surface area contributed by atoms with Gasteiger partial charge in [0, 0.05) is 19.8 Å². The molecule has 0 N–H and O–H groups in total. The first kappa shape index (κ1) is 20.0. The van der Waals surface area contributed by atoms with Gasteiger partial charge >= 0.3 is 0 Å². The number of hydrogen-bond acceptors (Lipinski definition) is 5. The third kappa shape index (κ3) is 3.56. The van der Waals surface area contributed by atoms with Gasteiger partial charge in [-0.25, -0.2) is 4.68 Å². The van der Waals surface area contributed by atoms with Gasteiger partial charge < -0.3 is 9.64 Å². The second-order valence-corrected chi connectivity index (χ2v) is 9.58. The zero-order valence-corrected chi connectivity index (χ0v) is 18.1. The fourth-order valence-electron chi connectivity index (χ4n) is 4.58. The van der Waals surface area contributed by atoms with Crippen molar-refractivity contribution in [3.63, 3.8) is 0 Å². The van der Waals surface area contributed by atoms with E-state index in [-0.39, 0.29) is 22.9 Å². The van der Waals surface area contributed by atoms with Crippen LogP contribution in [0.2, 0.25) is 0 Å². The summed E-state index contributed by atoms with van der Waals surface area (Å²) >= 11 is 0. The molecule has 7 heteroatoms. The number of hydrogen-bond donors (Lipinski definition) is 0. The van der Waals surface area contributed by atoms with Gasteiger partial charge in [0.2, 0.25) is 5.91 Å². The molecule has 29 heavy (non-hydrogen) atoms. The van der Waals surface area contributed by atoms with E-state index >= 15 is 0 Å². The minimum atomic E-state index is -0.364. The van der Waals surface area contributed by atoms with Crippen LogP contribution in [-0.2, 0) is 21.6 Å². The summed E-state index contributed by atoms with van der Waals surface area (Å²) in [6.07, 6.45) is 2.28. The normalized spacial score (nSPS) is 21.9. The van der Waals surface area contributed by atoms with Crippen LogP contribution in [0.4, 0.5) is 0 Å². The van der Waals surface area contributed by atoms with Crippen LogP contribution >= 0.6 is 0 Å². The molecule has 0 unspecified atom stereocenters. The van der Waals surface area contributed by atoms with Crippen molar-refractivity contribution in [3.8, 4) is 0 Å². The van der Waals surface area contributed by atoms with Gasteiger partial charge in [0.1, 0.15) is 0 Å². The van der Waals surface area contributed by atoms with Gasteiger partial charge in [0.15, 0.2) is 5.82 Å². The highest BCUT2D eigenvalue weighted by molar-refractivity contribution is 5.85. The van der Waals surface area contributed by atoms with Crippen LogP contribution in [0.3, 0.4) is 0 Å². The van der Waals surface area contributed by atoms with E-state index in [1.165, 1.54) is 11.1 Å². The molecule has 3 heterocycles. The summed E-state index contributed by atoms with van der Waals surface area (Å²) in [5, 5.41) is 12.6. The van der Waals surface area contributed by atoms with Crippen molar-refractivity contribution in [3.05, 3.63) is 40.7 Å². The van der Waals surface area contributed by atoms with E-state index in [4.69, 9.17) is 4.74 Å². The van der Waals surface area contributed by atoms with Gasteiger partial charge in [0.25, 0.3) is 0 Å². The van der Waals surface area contributed by atoms with E-state index < -0.39 is 0 Å². The Bertz CT molecular complexity index is 908. The lowest BCUT2D eigenvalue weighted by molar-refractivity contribution is -0.141. The van der Waals surface area contributed by atoms with E-state index in [0.717, 1.165) is 30.7 Å². The molecule has 2 aliphatic heterocycles. The number of rotatable bonds is 3. The maximum atomic E-state index is 13.7. The smallest absolute Gasteiger partial charge is 0.229 e. The van der Waals surface area contributed by atoms with Crippen molar-refractivity contribution in [2.45, 2.75) is 72.0 Å². The number of likely N-dealkylation sites (tertiary alicyclic amines) is 1. The van der Waals surface area contributed by atoms with E-state index in [2.05, 4.69) is 68.3 Å². The Morgan fingerprint density at radius 1 is 1.17 bits per heavy atom. The van der Waals surface area contributed by atoms with E-state index in [9.17, 15) is 4.79 Å². The van der Waals surface area contributed by atoms with Crippen LogP contribution in [0.1, 0.15) is 68.6 Å². The van der Waals surface area contributed by atoms with Crippen molar-refractivity contribution in [1.29, 1.82) is 0 Å². The monoisotopic (exact) mass is 397 g/mol. The molecule has 0 saturated carbocycles. The van der Waals surface area contributed by atoms with Crippen molar-refractivity contribution in [1.82, 2.24) is 25.1 Å². The third-order valence-corrected chi connectivity index (χ3v) is 6.48. The molecular formula is C22H31N5O2. The molecule has 1 atom stereocenters. The van der Waals surface area contributed by atoms with Gasteiger partial charge in [-0.3, -0.25) is 4.79 Å². The molecule has 4 rings (SSSR count). The van der Waals surface area contributed by atoms with Crippen LogP contribution in [-0.4, -0.2) is 44.2 Å². The Morgan fingerprint density at radius 2 is 1.90 bits per heavy atom. The standard InChI is InChI=1S/C22H31N5O2/c1-15-6-7-17(12-16(15)2)14-26-18(19-23-24-25-27(19)21(3,4)5)13-22(20(26)28)8-10-29-11-9-22/h6-7,12,18H,8-11,13-14H2,1-5H3/t18-/m0/s1. The molecule has 0 radical (unpaired) electrons. The quantitative estimate of drug-likeness (QED) is 0.794. The molecule has 7 nitrogen and oxygen atoms in total. The second-order valence-electron chi connectivity index (χ2n) is 9.58. The van der Waals surface area contributed by atoms with Crippen molar-refractivity contribution < 1.29 is 9.53 Å². The Balaban J connectivity index is 1.73. The number of carbonyl (C=O) groups is 1. The van der Waals surface area contributed by atoms with E-state index in [0.29, 0.717) is 19.8 Å². The number of ether oxygens (including phenoxy) is 1. The average molecular weight is 398 g/mol. The Morgan fingerprint density at radius 3 is 2.55 bits per heavy atom. The first-order chi connectivity index (χ1) is 13.7. The number of tetrazole rings is 1. The molecule has 2 aliphatic rings. The fourth-order valence-corrected chi connectivity index (χ4v) is 4.58. The van der Waals surface area contributed by atoms with Gasteiger partial charge in [0.05, 0.1) is 17.0 Å². The number of carbonyl (C=O) groups excluding carboxylic acids is 1. The Labute approximate surface area is 172 Å². The SMILES string of the molecule is Cc1ccc(CN2C(=O)C3(CCOCC3)C[C@H]2c2nnnn2C(C)(C)C)cc1C. The van der Waals surface area contributed by atoms with Crippen molar-refractivity contribution in [2.24, 2.45) is 5.41 Å². The summed E-state index contributed by atoms with van der Waals surface area (Å²) in [6.45, 7) is 12.3. The number of benzene rings is 1. The zero-order valence-electron chi connectivity index (χ0n) is 18.1. The molecule has 1 amide bonds. The summed E-state index contributed by atoms with van der Waals surface area (Å²) in [5.41, 5.74) is 3.03. The Kier molecular flexibility index (Phi) is 4.97. The number of amides is 1. The van der Waals surface area contributed by atoms with Gasteiger partial charge in [-0.1, -0.05) is 18.2 Å². The molecule has 1 aromatic heterocycles. The highest BCUT2D eigenvalue weighted by atomic mass is 16.5. The number of aromatic nitrogens is 4. The number of nitrogens with zero attached hydrogens (tertiary/aromatic N) is 5. The predicted octanol–water partition coefficient (Wildman–Crippen LogP) is 3.32. The molecule has 2 saturated heterocycles. The molecule has 2 fully saturated rings. The molecule has 1 spiro atoms. The van der Waals surface area contributed by atoms with Gasteiger partial charge in [-0.15, -0.1) is 5.10 Å². The minimum Gasteiger partial charge on any atom is -0.381 e. The number of aryl methyl sites for hydroxylation is 2. The largest absolute Gasteiger partial charge is 0.381 e. The van der Waals surface area contributed by atoms with Crippen LogP contribution in [0, 0.1) is 19.3 Å². The lowest BCUT2D eigenvalue weighted by Gasteiger charge is -2.31. The topological polar surface area (TPSA) is 73.1 Å². The summed E-state index contributed by atoms with van der Waals surface area (Å²) in [5.74, 6) is 0.991. The summed E-state index contributed by atoms with van der Waals surface area (Å²) < 4.78 is 7.45. The predicted molar refractivity (Wildman–Crippen MR) is 109 cm³/mol. The van der Waals surface area contributed by atoms with Crippen molar-refractivity contribution in [2.75, 3.05) is 13.2 Å². The first-order valence-corrected chi connectivity index (χ1v) is 10.4. The molecule has 0 bridgehead atoms. The minimum absolute atomic E-state index is 0.128. The molecular weight excluding hydrogens is 366 g/mol. The molecule has 0 aliphatic carbocycles. The van der Waals surface area contributed by atoms with Crippen LogP contribution in [0.15, 0.2) is 18.2 Å². The van der Waals surface area contributed by atoms with Crippen LogP contribution in [0.25, 0.3) is 0 Å². The lowest BCUT2D eigenvalue weighted by atomic mass is 9.77. The molecule has 156 valence electrons. The van der Waals surface area contributed by atoms with Crippen LogP contribution < -0.4 is 0 Å². The lowest BCUT2D eigenvalue weighted by Crippen LogP contribution is -2.39. The third-order valence-electron chi connectivity index (χ3n) is 6.48. The maximum absolute atomic E-state index is 13.7. The van der Waals surface area contributed by atoms with Gasteiger partial charge in [-0.05, 0) is 81.0 Å². The fraction of sp³-hybridized carbons (Fsp3) is 0.636. The average Bonchev–Trinajstić information content (AvgIpc) is 3.25. The summed E-state index contributed by atoms with van der Waals surface area (Å²) in [6, 6.07) is 6.30. The van der Waals surface area contributed by atoms with E-state index in [1.54, 1.807) is 0 Å². The maximum Gasteiger partial charge on any atom is 0.229 e.